The van der Waals surface area contributed by atoms with Gasteiger partial charge in [-0.3, -0.25) is 9.59 Å². The van der Waals surface area contributed by atoms with Crippen LogP contribution in [0.2, 0.25) is 0 Å². The van der Waals surface area contributed by atoms with Crippen LogP contribution < -0.4 is 5.73 Å². The molecule has 1 rings (SSSR count). The van der Waals surface area contributed by atoms with E-state index < -0.39 is 0 Å². The van der Waals surface area contributed by atoms with Crippen molar-refractivity contribution in [3.8, 4) is 0 Å². The molecule has 1 aliphatic heterocycles. The van der Waals surface area contributed by atoms with E-state index >= 15 is 0 Å². The second-order valence-corrected chi connectivity index (χ2v) is 5.24. The van der Waals surface area contributed by atoms with Crippen molar-refractivity contribution in [3.63, 3.8) is 0 Å². The molecule has 0 aromatic carbocycles. The molecule has 0 aliphatic carbocycles. The molecule has 0 bridgehead atoms. The summed E-state index contributed by atoms with van der Waals surface area (Å²) in [5.41, 5.74) is 4.89. The molecule has 1 aliphatic rings. The summed E-state index contributed by atoms with van der Waals surface area (Å²) in [6.07, 6.45) is 1.68. The molecule has 1 saturated heterocycles. The lowest BCUT2D eigenvalue weighted by molar-refractivity contribution is -0.142. The monoisotopic (exact) mass is 212 g/mol. The van der Waals surface area contributed by atoms with E-state index in [1.807, 2.05) is 20.8 Å². The van der Waals surface area contributed by atoms with Gasteiger partial charge in [-0.1, -0.05) is 20.8 Å². The first-order valence-electron chi connectivity index (χ1n) is 5.41. The van der Waals surface area contributed by atoms with Gasteiger partial charge in [-0.25, -0.2) is 0 Å². The van der Waals surface area contributed by atoms with Crippen molar-refractivity contribution in [2.45, 2.75) is 33.6 Å². The Balaban J connectivity index is 2.64. The molecule has 15 heavy (non-hydrogen) atoms. The van der Waals surface area contributed by atoms with Crippen LogP contribution in [0.1, 0.15) is 33.6 Å². The highest BCUT2D eigenvalue weighted by Gasteiger charge is 2.32. The van der Waals surface area contributed by atoms with Gasteiger partial charge in [0, 0.05) is 18.5 Å². The number of primary amides is 1. The van der Waals surface area contributed by atoms with Crippen LogP contribution in [0.25, 0.3) is 0 Å². The summed E-state index contributed by atoms with van der Waals surface area (Å²) >= 11 is 0. The summed E-state index contributed by atoms with van der Waals surface area (Å²) < 4.78 is 0. The van der Waals surface area contributed by atoms with Gasteiger partial charge in [0.15, 0.2) is 0 Å². The molecule has 86 valence electrons. The van der Waals surface area contributed by atoms with E-state index in [1.54, 1.807) is 4.90 Å². The lowest BCUT2D eigenvalue weighted by atomic mass is 9.91. The molecular weight excluding hydrogens is 192 g/mol. The van der Waals surface area contributed by atoms with Crippen LogP contribution in [0.3, 0.4) is 0 Å². The fraction of sp³-hybridized carbons (Fsp3) is 0.818. The molecule has 0 unspecified atom stereocenters. The second kappa shape index (κ2) is 4.21. The van der Waals surface area contributed by atoms with Crippen LogP contribution in [-0.4, -0.2) is 29.8 Å². The minimum Gasteiger partial charge on any atom is -0.369 e. The minimum atomic E-state index is -0.375. The fourth-order valence-corrected chi connectivity index (χ4v) is 1.87. The van der Waals surface area contributed by atoms with E-state index in [1.165, 1.54) is 0 Å². The summed E-state index contributed by atoms with van der Waals surface area (Å²) in [4.78, 5) is 24.8. The third kappa shape index (κ3) is 2.94. The van der Waals surface area contributed by atoms with Gasteiger partial charge in [-0.05, 0) is 12.8 Å². The van der Waals surface area contributed by atoms with Crippen LogP contribution in [0.4, 0.5) is 0 Å². The van der Waals surface area contributed by atoms with Crippen molar-refractivity contribution in [3.05, 3.63) is 0 Å². The highest BCUT2D eigenvalue weighted by Crippen LogP contribution is 2.23. The Morgan fingerprint density at radius 2 is 1.93 bits per heavy atom. The van der Waals surface area contributed by atoms with Crippen LogP contribution in [0.5, 0.6) is 0 Å². The summed E-state index contributed by atoms with van der Waals surface area (Å²) in [6.45, 7) is 6.92. The number of carbonyl (C=O) groups excluding carboxylic acids is 2. The molecule has 1 atom stereocenters. The summed E-state index contributed by atoms with van der Waals surface area (Å²) in [5, 5.41) is 0. The SMILES string of the molecule is CC(C)(C)C(=O)N1CCC[C@@H](C(N)=O)C1. The molecule has 2 amide bonds. The zero-order valence-electron chi connectivity index (χ0n) is 9.75. The number of likely N-dealkylation sites (tertiary alicyclic amines) is 1. The Bertz CT molecular complexity index is 268. The normalized spacial score (nSPS) is 22.6. The maximum atomic E-state index is 12.0. The first-order valence-corrected chi connectivity index (χ1v) is 5.41. The maximum absolute atomic E-state index is 12.0. The van der Waals surface area contributed by atoms with Crippen molar-refractivity contribution >= 4 is 11.8 Å². The molecule has 0 radical (unpaired) electrons. The molecule has 1 fully saturated rings. The Kier molecular flexibility index (Phi) is 3.37. The lowest BCUT2D eigenvalue weighted by Crippen LogP contribution is -2.47. The number of nitrogens with two attached hydrogens (primary N) is 1. The highest BCUT2D eigenvalue weighted by molar-refractivity contribution is 5.83. The Hall–Kier alpha value is -1.06. The van der Waals surface area contributed by atoms with E-state index in [0.29, 0.717) is 6.54 Å². The summed E-state index contributed by atoms with van der Waals surface area (Å²) in [7, 11) is 0. The number of amides is 2. The Labute approximate surface area is 90.8 Å². The molecule has 4 nitrogen and oxygen atoms in total. The predicted octanol–water partition coefficient (Wildman–Crippen LogP) is 0.756. The van der Waals surface area contributed by atoms with Gasteiger partial charge in [0.05, 0.1) is 5.92 Å². The van der Waals surface area contributed by atoms with Gasteiger partial charge in [-0.15, -0.1) is 0 Å². The van der Waals surface area contributed by atoms with Gasteiger partial charge in [-0.2, -0.15) is 0 Å². The lowest BCUT2D eigenvalue weighted by Gasteiger charge is -2.35. The largest absolute Gasteiger partial charge is 0.369 e. The van der Waals surface area contributed by atoms with Crippen LogP contribution in [-0.2, 0) is 9.59 Å². The van der Waals surface area contributed by atoms with Gasteiger partial charge < -0.3 is 10.6 Å². The molecule has 4 heteroatoms. The fourth-order valence-electron chi connectivity index (χ4n) is 1.87. The Morgan fingerprint density at radius 1 is 1.33 bits per heavy atom. The molecule has 1 heterocycles. The predicted molar refractivity (Wildman–Crippen MR) is 58.0 cm³/mol. The summed E-state index contributed by atoms with van der Waals surface area (Å²) in [5.74, 6) is -0.347. The van der Waals surface area contributed by atoms with Gasteiger partial charge in [0.1, 0.15) is 0 Å². The highest BCUT2D eigenvalue weighted by atomic mass is 16.2. The van der Waals surface area contributed by atoms with E-state index in [0.717, 1.165) is 19.4 Å². The van der Waals surface area contributed by atoms with Crippen molar-refractivity contribution in [1.82, 2.24) is 4.90 Å². The van der Waals surface area contributed by atoms with Crippen LogP contribution in [0, 0.1) is 11.3 Å². The van der Waals surface area contributed by atoms with Crippen LogP contribution >= 0.6 is 0 Å². The van der Waals surface area contributed by atoms with Crippen molar-refractivity contribution in [1.29, 1.82) is 0 Å². The van der Waals surface area contributed by atoms with Crippen molar-refractivity contribution < 1.29 is 9.59 Å². The first kappa shape index (κ1) is 12.0. The molecule has 2 N–H and O–H groups in total. The van der Waals surface area contributed by atoms with E-state index in [-0.39, 0.29) is 23.1 Å². The maximum Gasteiger partial charge on any atom is 0.227 e. The van der Waals surface area contributed by atoms with Crippen molar-refractivity contribution in [2.75, 3.05) is 13.1 Å². The van der Waals surface area contributed by atoms with E-state index in [4.69, 9.17) is 5.73 Å². The van der Waals surface area contributed by atoms with E-state index in [2.05, 4.69) is 0 Å². The third-order valence-corrected chi connectivity index (χ3v) is 2.75. The number of carbonyl (C=O) groups is 2. The van der Waals surface area contributed by atoms with Crippen LogP contribution in [0.15, 0.2) is 0 Å². The smallest absolute Gasteiger partial charge is 0.227 e. The van der Waals surface area contributed by atoms with Gasteiger partial charge in [0.2, 0.25) is 11.8 Å². The molecule has 0 aromatic heterocycles. The molecular formula is C11H20N2O2. The average Bonchev–Trinajstić information content (AvgIpc) is 2.15. The van der Waals surface area contributed by atoms with Crippen molar-refractivity contribution in [2.24, 2.45) is 17.1 Å². The minimum absolute atomic E-state index is 0.105. The summed E-state index contributed by atoms with van der Waals surface area (Å²) in [6, 6.07) is 0. The second-order valence-electron chi connectivity index (χ2n) is 5.24. The molecule has 0 spiro atoms. The number of nitrogens with zero attached hydrogens (tertiary/aromatic N) is 1. The quantitative estimate of drug-likeness (QED) is 0.697. The number of piperidine rings is 1. The third-order valence-electron chi connectivity index (χ3n) is 2.75. The zero-order valence-corrected chi connectivity index (χ0v) is 9.75. The first-order chi connectivity index (χ1) is 6.82. The zero-order chi connectivity index (χ0) is 11.6. The number of hydrogen-bond acceptors (Lipinski definition) is 2. The number of hydrogen-bond donors (Lipinski definition) is 1. The molecule has 0 aromatic rings. The van der Waals surface area contributed by atoms with E-state index in [9.17, 15) is 9.59 Å². The Morgan fingerprint density at radius 3 is 2.40 bits per heavy atom. The average molecular weight is 212 g/mol. The topological polar surface area (TPSA) is 63.4 Å². The van der Waals surface area contributed by atoms with Gasteiger partial charge in [0.25, 0.3) is 0 Å². The van der Waals surface area contributed by atoms with Gasteiger partial charge >= 0.3 is 0 Å². The standard InChI is InChI=1S/C11H20N2O2/c1-11(2,3)10(15)13-6-4-5-8(7-13)9(12)14/h8H,4-7H2,1-3H3,(H2,12,14)/t8-/m1/s1. The molecule has 0 saturated carbocycles. The number of rotatable bonds is 1.